The Kier molecular flexibility index (Phi) is 4.58. The van der Waals surface area contributed by atoms with Gasteiger partial charge in [0, 0.05) is 12.5 Å². The Balaban J connectivity index is 2.05. The van der Waals surface area contributed by atoms with Crippen molar-refractivity contribution in [3.63, 3.8) is 0 Å². The number of aromatic nitrogens is 4. The Hall–Kier alpha value is -1.80. The molecule has 8 heteroatoms. The van der Waals surface area contributed by atoms with Crippen LogP contribution in [0.4, 0.5) is 0 Å². The summed E-state index contributed by atoms with van der Waals surface area (Å²) < 4.78 is 11.4. The average molecular weight is 282 g/mol. The molecule has 0 saturated carbocycles. The number of carbonyl (C=O) groups is 1. The van der Waals surface area contributed by atoms with Crippen molar-refractivity contribution in [1.29, 1.82) is 0 Å². The van der Waals surface area contributed by atoms with Crippen molar-refractivity contribution >= 4 is 17.3 Å². The third-order valence-electron chi connectivity index (χ3n) is 2.20. The number of hydrogen-bond donors (Lipinski definition) is 0. The zero-order chi connectivity index (χ0) is 13.7. The van der Waals surface area contributed by atoms with Gasteiger partial charge in [-0.2, -0.15) is 4.68 Å². The van der Waals surface area contributed by atoms with Gasteiger partial charge in [-0.1, -0.05) is 5.21 Å². The lowest BCUT2D eigenvalue weighted by molar-refractivity contribution is -0.142. The first-order chi connectivity index (χ1) is 9.22. The molecule has 0 aromatic carbocycles. The summed E-state index contributed by atoms with van der Waals surface area (Å²) in [7, 11) is 1.60. The van der Waals surface area contributed by atoms with Gasteiger partial charge in [0.1, 0.15) is 5.69 Å². The lowest BCUT2D eigenvalue weighted by Gasteiger charge is -1.97. The third-order valence-corrected chi connectivity index (χ3v) is 3.08. The van der Waals surface area contributed by atoms with Crippen molar-refractivity contribution in [2.45, 2.75) is 20.0 Å². The molecule has 0 fully saturated rings. The van der Waals surface area contributed by atoms with Crippen LogP contribution < -0.4 is 0 Å². The zero-order valence-electron chi connectivity index (χ0n) is 10.7. The predicted molar refractivity (Wildman–Crippen MR) is 68.1 cm³/mol. The van der Waals surface area contributed by atoms with E-state index in [1.54, 1.807) is 24.9 Å². The quantitative estimate of drug-likeness (QED) is 0.735. The maximum atomic E-state index is 11.3. The summed E-state index contributed by atoms with van der Waals surface area (Å²) in [6.07, 6.45) is 1.92. The molecule has 2 rings (SSSR count). The highest BCUT2D eigenvalue weighted by atomic mass is 32.1. The Morgan fingerprint density at radius 3 is 3.05 bits per heavy atom. The second-order valence-electron chi connectivity index (χ2n) is 3.69. The molecule has 0 aliphatic carbocycles. The van der Waals surface area contributed by atoms with Crippen molar-refractivity contribution in [3.8, 4) is 5.13 Å². The molecule has 0 aliphatic rings. The first-order valence-electron chi connectivity index (χ1n) is 5.73. The number of hydrogen-bond acceptors (Lipinski definition) is 7. The van der Waals surface area contributed by atoms with Crippen LogP contribution in [0.25, 0.3) is 5.13 Å². The van der Waals surface area contributed by atoms with Crippen molar-refractivity contribution in [3.05, 3.63) is 23.0 Å². The van der Waals surface area contributed by atoms with Crippen LogP contribution in [-0.2, 0) is 27.3 Å². The van der Waals surface area contributed by atoms with E-state index in [2.05, 4.69) is 15.3 Å². The summed E-state index contributed by atoms with van der Waals surface area (Å²) >= 11 is 1.39. The predicted octanol–water partition coefficient (Wildman–Crippen LogP) is 0.976. The van der Waals surface area contributed by atoms with E-state index in [1.165, 1.54) is 11.3 Å². The van der Waals surface area contributed by atoms with Gasteiger partial charge in [0.25, 0.3) is 0 Å². The van der Waals surface area contributed by atoms with Gasteiger partial charge in [-0.25, -0.2) is 4.98 Å². The van der Waals surface area contributed by atoms with E-state index >= 15 is 0 Å². The Bertz CT molecular complexity index is 552. The van der Waals surface area contributed by atoms with E-state index in [0.717, 1.165) is 5.69 Å². The largest absolute Gasteiger partial charge is 0.466 e. The average Bonchev–Trinajstić information content (AvgIpc) is 2.99. The van der Waals surface area contributed by atoms with Crippen molar-refractivity contribution in [1.82, 2.24) is 20.0 Å². The van der Waals surface area contributed by atoms with E-state index in [9.17, 15) is 4.79 Å². The number of esters is 1. The fourth-order valence-corrected chi connectivity index (χ4v) is 2.19. The molecule has 0 atom stereocenters. The van der Waals surface area contributed by atoms with Crippen LogP contribution in [0.2, 0.25) is 0 Å². The summed E-state index contributed by atoms with van der Waals surface area (Å²) in [6, 6.07) is 0. The summed E-state index contributed by atoms with van der Waals surface area (Å²) in [5.74, 6) is -0.280. The molecular formula is C11H14N4O3S. The lowest BCUT2D eigenvalue weighted by Crippen LogP contribution is -2.07. The number of ether oxygens (including phenoxy) is 2. The van der Waals surface area contributed by atoms with Gasteiger partial charge in [0.2, 0.25) is 5.13 Å². The Labute approximate surface area is 114 Å². The minimum atomic E-state index is -0.280. The highest BCUT2D eigenvalue weighted by molar-refractivity contribution is 7.12. The summed E-state index contributed by atoms with van der Waals surface area (Å²) in [4.78, 5) is 15.7. The highest BCUT2D eigenvalue weighted by Crippen LogP contribution is 2.15. The first kappa shape index (κ1) is 13.6. The van der Waals surface area contributed by atoms with Gasteiger partial charge in [-0.3, -0.25) is 4.79 Å². The van der Waals surface area contributed by atoms with Crippen molar-refractivity contribution in [2.24, 2.45) is 0 Å². The number of methoxy groups -OCH3 is 1. The molecule has 102 valence electrons. The molecule has 0 unspecified atom stereocenters. The van der Waals surface area contributed by atoms with Crippen molar-refractivity contribution < 1.29 is 14.3 Å². The maximum Gasteiger partial charge on any atom is 0.311 e. The molecule has 0 spiro atoms. The van der Waals surface area contributed by atoms with E-state index in [-0.39, 0.29) is 12.4 Å². The fraction of sp³-hybridized carbons (Fsp3) is 0.455. The normalized spacial score (nSPS) is 10.6. The molecule has 0 bridgehead atoms. The van der Waals surface area contributed by atoms with Gasteiger partial charge >= 0.3 is 5.97 Å². The van der Waals surface area contributed by atoms with Crippen LogP contribution in [0.5, 0.6) is 0 Å². The van der Waals surface area contributed by atoms with Crippen LogP contribution in [0.15, 0.2) is 11.6 Å². The van der Waals surface area contributed by atoms with Gasteiger partial charge in [-0.15, -0.1) is 16.4 Å². The number of nitrogens with zero attached hydrogens (tertiary/aromatic N) is 4. The van der Waals surface area contributed by atoms with Crippen LogP contribution in [-0.4, -0.2) is 39.7 Å². The molecule has 0 N–H and O–H groups in total. The standard InChI is InChI=1S/C11H14N4O3S/c1-3-18-10(16)4-8-7-19-11(12-8)15-5-9(6-17-2)13-14-15/h5,7H,3-4,6H2,1-2H3. The molecule has 0 amide bonds. The Morgan fingerprint density at radius 1 is 1.47 bits per heavy atom. The van der Waals surface area contributed by atoms with E-state index in [1.807, 2.05) is 5.38 Å². The Morgan fingerprint density at radius 2 is 2.32 bits per heavy atom. The van der Waals surface area contributed by atoms with Gasteiger partial charge in [0.15, 0.2) is 0 Å². The van der Waals surface area contributed by atoms with Gasteiger partial charge in [-0.05, 0) is 6.92 Å². The minimum Gasteiger partial charge on any atom is -0.466 e. The summed E-state index contributed by atoms with van der Waals surface area (Å²) in [6.45, 7) is 2.55. The van der Waals surface area contributed by atoms with Crippen LogP contribution in [0, 0.1) is 0 Å². The number of rotatable bonds is 6. The van der Waals surface area contributed by atoms with E-state index < -0.39 is 0 Å². The van der Waals surface area contributed by atoms with Crippen LogP contribution >= 0.6 is 11.3 Å². The summed E-state index contributed by atoms with van der Waals surface area (Å²) in [5.41, 5.74) is 1.40. The highest BCUT2D eigenvalue weighted by Gasteiger charge is 2.10. The molecular weight excluding hydrogens is 268 g/mol. The number of carbonyl (C=O) groups excluding carboxylic acids is 1. The number of thiazole rings is 1. The molecule has 0 radical (unpaired) electrons. The summed E-state index contributed by atoms with van der Waals surface area (Å²) in [5, 5.41) is 10.4. The maximum absolute atomic E-state index is 11.3. The van der Waals surface area contributed by atoms with E-state index in [4.69, 9.17) is 9.47 Å². The van der Waals surface area contributed by atoms with Gasteiger partial charge < -0.3 is 9.47 Å². The monoisotopic (exact) mass is 282 g/mol. The third kappa shape index (κ3) is 3.58. The van der Waals surface area contributed by atoms with Crippen LogP contribution in [0.1, 0.15) is 18.3 Å². The smallest absolute Gasteiger partial charge is 0.311 e. The second-order valence-corrected chi connectivity index (χ2v) is 4.53. The van der Waals surface area contributed by atoms with Crippen molar-refractivity contribution in [2.75, 3.05) is 13.7 Å². The lowest BCUT2D eigenvalue weighted by atomic mass is 10.3. The topological polar surface area (TPSA) is 79.1 Å². The molecule has 0 saturated heterocycles. The minimum absolute atomic E-state index is 0.171. The van der Waals surface area contributed by atoms with Gasteiger partial charge in [0.05, 0.1) is 31.5 Å². The molecule has 2 aromatic heterocycles. The first-order valence-corrected chi connectivity index (χ1v) is 6.61. The molecule has 19 heavy (non-hydrogen) atoms. The SMILES string of the molecule is CCOC(=O)Cc1csc(-n2cc(COC)nn2)n1. The molecule has 0 aliphatic heterocycles. The second kappa shape index (κ2) is 6.39. The zero-order valence-corrected chi connectivity index (χ0v) is 11.5. The molecule has 2 aromatic rings. The molecule has 2 heterocycles. The fourth-order valence-electron chi connectivity index (χ4n) is 1.45. The molecule has 7 nitrogen and oxygen atoms in total. The van der Waals surface area contributed by atoms with Crippen LogP contribution in [0.3, 0.4) is 0 Å². The van der Waals surface area contributed by atoms with E-state index in [0.29, 0.717) is 24.0 Å².